The number of amides is 1. The van der Waals surface area contributed by atoms with Crippen molar-refractivity contribution in [3.63, 3.8) is 0 Å². The van der Waals surface area contributed by atoms with E-state index >= 15 is 0 Å². The quantitative estimate of drug-likeness (QED) is 0.274. The van der Waals surface area contributed by atoms with Crippen LogP contribution in [-0.2, 0) is 6.54 Å². The summed E-state index contributed by atoms with van der Waals surface area (Å²) in [7, 11) is 1.61. The van der Waals surface area contributed by atoms with Crippen LogP contribution in [0, 0.1) is 0 Å². The van der Waals surface area contributed by atoms with Gasteiger partial charge in [0.25, 0.3) is 5.91 Å². The third-order valence-electron chi connectivity index (χ3n) is 5.00. The third kappa shape index (κ3) is 9.70. The second kappa shape index (κ2) is 15.1. The van der Waals surface area contributed by atoms with Gasteiger partial charge in [-0.05, 0) is 67.0 Å². The fourth-order valence-electron chi connectivity index (χ4n) is 3.15. The van der Waals surface area contributed by atoms with Gasteiger partial charge in [0.2, 0.25) is 0 Å². The first-order chi connectivity index (χ1) is 16.1. The molecule has 0 saturated carbocycles. The molecule has 1 amide bonds. The minimum absolute atomic E-state index is 0.262. The standard InChI is InChI=1S/C26H36N2O4S/c1-4-6-7-8-9-17-31-22-13-11-21(12-14-22)25(29)28-26(33)27-19-20-10-15-23(32-16-5-2)24(18-20)30-3/h10-15,18H,4-9,16-17,19H2,1-3H3,(H2,27,28,29,33). The number of hydrogen-bond acceptors (Lipinski definition) is 5. The Morgan fingerprint density at radius 1 is 0.879 bits per heavy atom. The molecule has 0 fully saturated rings. The lowest BCUT2D eigenvalue weighted by molar-refractivity contribution is 0.0976. The number of thiocarbonyl (C=S) groups is 1. The summed E-state index contributed by atoms with van der Waals surface area (Å²) < 4.78 is 16.8. The van der Waals surface area contributed by atoms with Gasteiger partial charge in [-0.15, -0.1) is 0 Å². The number of methoxy groups -OCH3 is 1. The molecule has 0 aliphatic rings. The molecule has 0 aromatic heterocycles. The van der Waals surface area contributed by atoms with E-state index in [1.807, 2.05) is 30.3 Å². The monoisotopic (exact) mass is 472 g/mol. The molecule has 0 saturated heterocycles. The lowest BCUT2D eigenvalue weighted by Crippen LogP contribution is -2.38. The minimum atomic E-state index is -0.264. The SMILES string of the molecule is CCCCCCCOc1ccc(C(=O)NC(=S)NCc2ccc(OCCC)c(OC)c2)cc1. The molecule has 0 aliphatic heterocycles. The van der Waals surface area contributed by atoms with Crippen LogP contribution in [0.2, 0.25) is 0 Å². The van der Waals surface area contributed by atoms with Crippen LogP contribution >= 0.6 is 12.2 Å². The van der Waals surface area contributed by atoms with Gasteiger partial charge in [-0.3, -0.25) is 10.1 Å². The van der Waals surface area contributed by atoms with Gasteiger partial charge in [0.05, 0.1) is 20.3 Å². The summed E-state index contributed by atoms with van der Waals surface area (Å²) in [6.45, 7) is 6.04. The zero-order valence-electron chi connectivity index (χ0n) is 19.9. The predicted molar refractivity (Wildman–Crippen MR) is 136 cm³/mol. The molecule has 0 unspecified atom stereocenters. The summed E-state index contributed by atoms with van der Waals surface area (Å²) in [6.07, 6.45) is 6.91. The maximum Gasteiger partial charge on any atom is 0.257 e. The van der Waals surface area contributed by atoms with Crippen molar-refractivity contribution in [2.24, 2.45) is 0 Å². The van der Waals surface area contributed by atoms with Crippen molar-refractivity contribution in [1.29, 1.82) is 0 Å². The number of benzene rings is 2. The highest BCUT2D eigenvalue weighted by molar-refractivity contribution is 7.80. The molecule has 0 bridgehead atoms. The molecule has 0 radical (unpaired) electrons. The van der Waals surface area contributed by atoms with Gasteiger partial charge in [0.15, 0.2) is 16.6 Å². The molecular formula is C26H36N2O4S. The number of unbranched alkanes of at least 4 members (excludes halogenated alkanes) is 4. The summed E-state index contributed by atoms with van der Waals surface area (Å²) in [6, 6.07) is 12.8. The highest BCUT2D eigenvalue weighted by Gasteiger charge is 2.09. The number of hydrogen-bond donors (Lipinski definition) is 2. The Morgan fingerprint density at radius 3 is 2.33 bits per heavy atom. The summed E-state index contributed by atoms with van der Waals surface area (Å²) in [4.78, 5) is 12.5. The molecule has 0 heterocycles. The van der Waals surface area contributed by atoms with Gasteiger partial charge in [-0.25, -0.2) is 0 Å². The van der Waals surface area contributed by atoms with Gasteiger partial charge in [-0.2, -0.15) is 0 Å². The molecule has 2 N–H and O–H groups in total. The molecule has 33 heavy (non-hydrogen) atoms. The molecular weight excluding hydrogens is 436 g/mol. The molecule has 2 aromatic rings. The van der Waals surface area contributed by atoms with Gasteiger partial charge in [-0.1, -0.05) is 45.6 Å². The first-order valence-electron chi connectivity index (χ1n) is 11.7. The van der Waals surface area contributed by atoms with Crippen LogP contribution < -0.4 is 24.8 Å². The van der Waals surface area contributed by atoms with Crippen molar-refractivity contribution in [2.75, 3.05) is 20.3 Å². The molecule has 2 rings (SSSR count). The number of carbonyl (C=O) groups is 1. The van der Waals surface area contributed by atoms with E-state index in [0.717, 1.165) is 24.2 Å². The van der Waals surface area contributed by atoms with E-state index in [1.54, 1.807) is 19.2 Å². The van der Waals surface area contributed by atoms with E-state index < -0.39 is 0 Å². The lowest BCUT2D eigenvalue weighted by Gasteiger charge is -2.13. The van der Waals surface area contributed by atoms with Crippen LogP contribution in [0.15, 0.2) is 42.5 Å². The lowest BCUT2D eigenvalue weighted by atomic mass is 10.2. The topological polar surface area (TPSA) is 68.8 Å². The normalized spacial score (nSPS) is 10.4. The molecule has 180 valence electrons. The van der Waals surface area contributed by atoms with E-state index in [2.05, 4.69) is 24.5 Å². The maximum atomic E-state index is 12.5. The van der Waals surface area contributed by atoms with Crippen LogP contribution in [-0.4, -0.2) is 31.3 Å². The summed E-state index contributed by atoms with van der Waals surface area (Å²) in [5, 5.41) is 6.02. The Labute approximate surface area is 203 Å². The zero-order chi connectivity index (χ0) is 23.9. The first kappa shape index (κ1) is 26.5. The van der Waals surface area contributed by atoms with E-state index in [0.29, 0.717) is 36.8 Å². The Hall–Kier alpha value is -2.80. The summed E-state index contributed by atoms with van der Waals surface area (Å²) in [5.41, 5.74) is 1.48. The van der Waals surface area contributed by atoms with Crippen LogP contribution in [0.4, 0.5) is 0 Å². The van der Waals surface area contributed by atoms with Crippen molar-refractivity contribution in [1.82, 2.24) is 10.6 Å². The average molecular weight is 473 g/mol. The number of carbonyl (C=O) groups excluding carboxylic acids is 1. The molecule has 0 aliphatic carbocycles. The van der Waals surface area contributed by atoms with Gasteiger partial charge >= 0.3 is 0 Å². The fourth-order valence-corrected chi connectivity index (χ4v) is 3.32. The number of nitrogens with one attached hydrogen (secondary N) is 2. The van der Waals surface area contributed by atoms with Crippen LogP contribution in [0.3, 0.4) is 0 Å². The largest absolute Gasteiger partial charge is 0.494 e. The Kier molecular flexibility index (Phi) is 12.1. The average Bonchev–Trinajstić information content (AvgIpc) is 2.84. The molecule has 7 heteroatoms. The second-order valence-electron chi connectivity index (χ2n) is 7.76. The zero-order valence-corrected chi connectivity index (χ0v) is 20.8. The van der Waals surface area contributed by atoms with E-state index in [-0.39, 0.29) is 11.0 Å². The number of rotatable bonds is 14. The van der Waals surface area contributed by atoms with E-state index in [9.17, 15) is 4.79 Å². The van der Waals surface area contributed by atoms with E-state index in [4.69, 9.17) is 26.4 Å². The first-order valence-corrected chi connectivity index (χ1v) is 12.1. The van der Waals surface area contributed by atoms with Crippen molar-refractivity contribution >= 4 is 23.2 Å². The van der Waals surface area contributed by atoms with Crippen LogP contribution in [0.5, 0.6) is 17.2 Å². The molecule has 0 atom stereocenters. The molecule has 2 aromatic carbocycles. The summed E-state index contributed by atoms with van der Waals surface area (Å²) >= 11 is 5.28. The highest BCUT2D eigenvalue weighted by Crippen LogP contribution is 2.28. The predicted octanol–water partition coefficient (Wildman–Crippen LogP) is 5.64. The fraction of sp³-hybridized carbons (Fsp3) is 0.462. The van der Waals surface area contributed by atoms with Gasteiger partial charge in [0.1, 0.15) is 5.75 Å². The Balaban J connectivity index is 1.77. The molecule has 6 nitrogen and oxygen atoms in total. The maximum absolute atomic E-state index is 12.5. The Bertz CT molecular complexity index is 871. The smallest absolute Gasteiger partial charge is 0.257 e. The van der Waals surface area contributed by atoms with E-state index in [1.165, 1.54) is 25.7 Å². The van der Waals surface area contributed by atoms with Crippen LogP contribution in [0.1, 0.15) is 68.3 Å². The Morgan fingerprint density at radius 2 is 1.64 bits per heavy atom. The van der Waals surface area contributed by atoms with Crippen molar-refractivity contribution < 1.29 is 19.0 Å². The van der Waals surface area contributed by atoms with Crippen molar-refractivity contribution in [3.05, 3.63) is 53.6 Å². The third-order valence-corrected chi connectivity index (χ3v) is 5.25. The number of ether oxygens (including phenoxy) is 3. The minimum Gasteiger partial charge on any atom is -0.494 e. The van der Waals surface area contributed by atoms with Crippen molar-refractivity contribution in [2.45, 2.75) is 58.9 Å². The van der Waals surface area contributed by atoms with Crippen molar-refractivity contribution in [3.8, 4) is 17.2 Å². The van der Waals surface area contributed by atoms with Gasteiger partial charge in [0, 0.05) is 12.1 Å². The summed E-state index contributed by atoms with van der Waals surface area (Å²) in [5.74, 6) is 1.88. The highest BCUT2D eigenvalue weighted by atomic mass is 32.1. The second-order valence-corrected chi connectivity index (χ2v) is 8.17. The van der Waals surface area contributed by atoms with Crippen LogP contribution in [0.25, 0.3) is 0 Å². The molecule has 0 spiro atoms. The van der Waals surface area contributed by atoms with Gasteiger partial charge < -0.3 is 19.5 Å².